The molecule has 0 fully saturated rings. The van der Waals surface area contributed by atoms with Gasteiger partial charge in [0.15, 0.2) is 5.88 Å². The molecule has 0 saturated carbocycles. The van der Waals surface area contributed by atoms with Gasteiger partial charge in [-0.15, -0.1) is 5.11 Å². The SMILES string of the molecule is CC1(N=N)C=CC=C(N)O1. The van der Waals surface area contributed by atoms with Crippen LogP contribution in [0.2, 0.25) is 0 Å². The normalized spacial score (nSPS) is 30.7. The van der Waals surface area contributed by atoms with Crippen LogP contribution in [-0.2, 0) is 4.74 Å². The largest absolute Gasteiger partial charge is 0.447 e. The third kappa shape index (κ3) is 1.15. The molecule has 0 aliphatic carbocycles. The van der Waals surface area contributed by atoms with Crippen molar-refractivity contribution in [1.82, 2.24) is 0 Å². The molecule has 1 atom stereocenters. The van der Waals surface area contributed by atoms with Gasteiger partial charge in [-0.1, -0.05) is 6.08 Å². The lowest BCUT2D eigenvalue weighted by molar-refractivity contribution is 0.0552. The second kappa shape index (κ2) is 2.13. The summed E-state index contributed by atoms with van der Waals surface area (Å²) in [6.45, 7) is 1.66. The van der Waals surface area contributed by atoms with Gasteiger partial charge in [0.1, 0.15) is 0 Å². The number of hydrogen-bond acceptors (Lipinski definition) is 4. The fourth-order valence-electron chi connectivity index (χ4n) is 0.688. The van der Waals surface area contributed by atoms with Gasteiger partial charge < -0.3 is 10.5 Å². The van der Waals surface area contributed by atoms with E-state index < -0.39 is 5.72 Å². The molecule has 10 heavy (non-hydrogen) atoms. The molecular weight excluding hydrogens is 130 g/mol. The third-order valence-corrected chi connectivity index (χ3v) is 1.21. The van der Waals surface area contributed by atoms with Crippen LogP contribution in [0.4, 0.5) is 0 Å². The van der Waals surface area contributed by atoms with E-state index in [-0.39, 0.29) is 0 Å². The van der Waals surface area contributed by atoms with Crippen LogP contribution < -0.4 is 5.73 Å². The van der Waals surface area contributed by atoms with Gasteiger partial charge in [-0.25, -0.2) is 5.53 Å². The van der Waals surface area contributed by atoms with Crippen molar-refractivity contribution in [3.8, 4) is 0 Å². The molecule has 1 heterocycles. The fourth-order valence-corrected chi connectivity index (χ4v) is 0.688. The van der Waals surface area contributed by atoms with Gasteiger partial charge in [0.05, 0.1) is 0 Å². The van der Waals surface area contributed by atoms with Gasteiger partial charge >= 0.3 is 0 Å². The zero-order valence-electron chi connectivity index (χ0n) is 5.66. The maximum absolute atomic E-state index is 6.75. The van der Waals surface area contributed by atoms with E-state index in [1.54, 1.807) is 25.2 Å². The number of ether oxygens (including phenoxy) is 1. The summed E-state index contributed by atoms with van der Waals surface area (Å²) in [4.78, 5) is 0. The molecule has 1 aliphatic heterocycles. The minimum atomic E-state index is -0.890. The highest BCUT2D eigenvalue weighted by molar-refractivity contribution is 5.15. The van der Waals surface area contributed by atoms with Gasteiger partial charge in [-0.2, -0.15) is 0 Å². The average Bonchev–Trinajstić information content (AvgIpc) is 1.88. The highest BCUT2D eigenvalue weighted by Crippen LogP contribution is 2.19. The smallest absolute Gasteiger partial charge is 0.236 e. The van der Waals surface area contributed by atoms with Crippen LogP contribution in [0.25, 0.3) is 0 Å². The van der Waals surface area contributed by atoms with Crippen LogP contribution in [-0.4, -0.2) is 5.72 Å². The van der Waals surface area contributed by atoms with Crippen molar-refractivity contribution in [2.45, 2.75) is 12.6 Å². The molecule has 4 heteroatoms. The van der Waals surface area contributed by atoms with Gasteiger partial charge in [-0.3, -0.25) is 0 Å². The second-order valence-electron chi connectivity index (χ2n) is 2.20. The van der Waals surface area contributed by atoms with Crippen molar-refractivity contribution in [2.24, 2.45) is 10.8 Å². The predicted octanol–water partition coefficient (Wildman–Crippen LogP) is 1.12. The molecule has 0 spiro atoms. The van der Waals surface area contributed by atoms with E-state index in [0.717, 1.165) is 0 Å². The predicted molar refractivity (Wildman–Crippen MR) is 36.0 cm³/mol. The van der Waals surface area contributed by atoms with Crippen LogP contribution in [0, 0.1) is 5.53 Å². The molecule has 3 N–H and O–H groups in total. The average molecular weight is 139 g/mol. The first-order chi connectivity index (χ1) is 4.66. The van der Waals surface area contributed by atoms with Crippen molar-refractivity contribution in [3.63, 3.8) is 0 Å². The molecule has 1 unspecified atom stereocenters. The first-order valence-electron chi connectivity index (χ1n) is 2.89. The third-order valence-electron chi connectivity index (χ3n) is 1.21. The lowest BCUT2D eigenvalue weighted by Crippen LogP contribution is -2.26. The number of allylic oxidation sites excluding steroid dienone is 2. The van der Waals surface area contributed by atoms with Crippen LogP contribution in [0.15, 0.2) is 29.2 Å². The Morgan fingerprint density at radius 3 is 2.90 bits per heavy atom. The molecule has 0 aromatic heterocycles. The summed E-state index contributed by atoms with van der Waals surface area (Å²) in [6.07, 6.45) is 5.00. The van der Waals surface area contributed by atoms with Crippen LogP contribution in [0.1, 0.15) is 6.92 Å². The minimum Gasteiger partial charge on any atom is -0.447 e. The first kappa shape index (κ1) is 6.80. The van der Waals surface area contributed by atoms with E-state index in [0.29, 0.717) is 5.88 Å². The van der Waals surface area contributed by atoms with Crippen molar-refractivity contribution < 1.29 is 4.74 Å². The second-order valence-corrected chi connectivity index (χ2v) is 2.20. The minimum absolute atomic E-state index is 0.293. The standard InChI is InChI=1S/C6H9N3O/c1-6(9-8)4-2-3-5(7)10-6/h2-4,8H,7H2,1H3. The van der Waals surface area contributed by atoms with Gasteiger partial charge in [0.25, 0.3) is 0 Å². The van der Waals surface area contributed by atoms with E-state index in [2.05, 4.69) is 5.11 Å². The Morgan fingerprint density at radius 1 is 1.80 bits per heavy atom. The number of nitrogens with two attached hydrogens (primary N) is 1. The number of hydrogen-bond donors (Lipinski definition) is 2. The van der Waals surface area contributed by atoms with E-state index in [9.17, 15) is 0 Å². The molecule has 4 nitrogen and oxygen atoms in total. The van der Waals surface area contributed by atoms with Gasteiger partial charge in [0.2, 0.25) is 5.72 Å². The Balaban J connectivity index is 2.80. The van der Waals surface area contributed by atoms with Gasteiger partial charge in [0, 0.05) is 6.92 Å². The number of rotatable bonds is 1. The molecule has 0 saturated heterocycles. The molecule has 0 aromatic rings. The summed E-state index contributed by atoms with van der Waals surface area (Å²) < 4.78 is 5.02. The number of nitrogens with one attached hydrogen (secondary N) is 1. The summed E-state index contributed by atoms with van der Waals surface area (Å²) in [5.74, 6) is 0.293. The summed E-state index contributed by atoms with van der Waals surface area (Å²) in [5, 5.41) is 3.25. The molecule has 1 rings (SSSR count). The molecule has 1 aliphatic rings. The lowest BCUT2D eigenvalue weighted by atomic mass is 10.2. The lowest BCUT2D eigenvalue weighted by Gasteiger charge is -2.23. The fraction of sp³-hybridized carbons (Fsp3) is 0.333. The maximum atomic E-state index is 6.75. The van der Waals surface area contributed by atoms with E-state index in [1.165, 1.54) is 0 Å². The topological polar surface area (TPSA) is 71.5 Å². The zero-order valence-corrected chi connectivity index (χ0v) is 5.66. The molecule has 54 valence electrons. The molecule has 0 amide bonds. The monoisotopic (exact) mass is 139 g/mol. The maximum Gasteiger partial charge on any atom is 0.236 e. The summed E-state index contributed by atoms with van der Waals surface area (Å²) >= 11 is 0. The Kier molecular flexibility index (Phi) is 1.45. The van der Waals surface area contributed by atoms with E-state index >= 15 is 0 Å². The van der Waals surface area contributed by atoms with Crippen molar-refractivity contribution in [3.05, 3.63) is 24.1 Å². The molecular formula is C6H9N3O. The highest BCUT2D eigenvalue weighted by atomic mass is 16.5. The Bertz CT molecular complexity index is 209. The summed E-state index contributed by atoms with van der Waals surface area (Å²) in [5.41, 5.74) is 11.2. The summed E-state index contributed by atoms with van der Waals surface area (Å²) in [6, 6.07) is 0. The Labute approximate surface area is 58.9 Å². The van der Waals surface area contributed by atoms with E-state index in [1.807, 2.05) is 0 Å². The highest BCUT2D eigenvalue weighted by Gasteiger charge is 2.23. The summed E-state index contributed by atoms with van der Waals surface area (Å²) in [7, 11) is 0. The van der Waals surface area contributed by atoms with Crippen molar-refractivity contribution in [1.29, 1.82) is 5.53 Å². The van der Waals surface area contributed by atoms with E-state index in [4.69, 9.17) is 16.0 Å². The van der Waals surface area contributed by atoms with Crippen LogP contribution in [0.3, 0.4) is 0 Å². The Morgan fingerprint density at radius 2 is 2.50 bits per heavy atom. The molecule has 0 aromatic carbocycles. The Hall–Kier alpha value is -1.32. The zero-order chi connectivity index (χ0) is 7.61. The van der Waals surface area contributed by atoms with Crippen molar-refractivity contribution in [2.75, 3.05) is 0 Å². The first-order valence-corrected chi connectivity index (χ1v) is 2.89. The van der Waals surface area contributed by atoms with Gasteiger partial charge in [-0.05, 0) is 12.2 Å². The number of nitrogens with zero attached hydrogens (tertiary/aromatic N) is 1. The van der Waals surface area contributed by atoms with Crippen LogP contribution in [0.5, 0.6) is 0 Å². The van der Waals surface area contributed by atoms with Crippen molar-refractivity contribution >= 4 is 0 Å². The quantitative estimate of drug-likeness (QED) is 0.534. The van der Waals surface area contributed by atoms with Crippen LogP contribution >= 0.6 is 0 Å². The molecule has 0 radical (unpaired) electrons. The molecule has 0 bridgehead atoms.